The molecule has 0 spiro atoms. The van der Waals surface area contributed by atoms with Gasteiger partial charge < -0.3 is 10.6 Å². The normalized spacial score (nSPS) is 10.7. The van der Waals surface area contributed by atoms with Crippen LogP contribution in [-0.4, -0.2) is 33.7 Å². The topological polar surface area (TPSA) is 102 Å². The fraction of sp³-hybridized carbons (Fsp3) is 0.692. The zero-order chi connectivity index (χ0) is 16.0. The summed E-state index contributed by atoms with van der Waals surface area (Å²) in [5.41, 5.74) is 0.428. The number of aromatic nitrogens is 2. The predicted molar refractivity (Wildman–Crippen MR) is 80.2 cm³/mol. The number of carbonyl (C=O) groups excluding carboxylic acids is 1. The smallest absolute Gasteiger partial charge is 0.333 e. The number of nitro groups is 1. The van der Waals surface area contributed by atoms with Crippen LogP contribution in [0.4, 0.5) is 11.5 Å². The summed E-state index contributed by atoms with van der Waals surface area (Å²) in [6.45, 7) is 6.81. The first-order chi connectivity index (χ1) is 9.86. The van der Waals surface area contributed by atoms with Gasteiger partial charge in [0.05, 0.1) is 4.92 Å². The fourth-order valence-corrected chi connectivity index (χ4v) is 1.90. The predicted octanol–water partition coefficient (Wildman–Crippen LogP) is 1.46. The number of hydrogen-bond donors (Lipinski definition) is 2. The van der Waals surface area contributed by atoms with Crippen molar-refractivity contribution in [2.75, 3.05) is 18.4 Å². The Balaban J connectivity index is 2.61. The van der Waals surface area contributed by atoms with Gasteiger partial charge in [0.2, 0.25) is 11.7 Å². The molecule has 1 aromatic rings. The quantitative estimate of drug-likeness (QED) is 0.558. The van der Waals surface area contributed by atoms with Crippen LogP contribution in [0, 0.1) is 16.0 Å². The summed E-state index contributed by atoms with van der Waals surface area (Å²) in [6, 6.07) is 0. The van der Waals surface area contributed by atoms with Gasteiger partial charge >= 0.3 is 5.69 Å². The average molecular weight is 297 g/mol. The summed E-state index contributed by atoms with van der Waals surface area (Å²) in [5.74, 6) is 0.664. The van der Waals surface area contributed by atoms with Crippen molar-refractivity contribution < 1.29 is 9.72 Å². The first-order valence-electron chi connectivity index (χ1n) is 7.07. The number of aryl methyl sites for hydroxylation is 2. The van der Waals surface area contributed by atoms with Crippen molar-refractivity contribution in [3.63, 3.8) is 0 Å². The second-order valence-electron chi connectivity index (χ2n) is 5.25. The van der Waals surface area contributed by atoms with E-state index in [2.05, 4.69) is 15.7 Å². The van der Waals surface area contributed by atoms with E-state index >= 15 is 0 Å². The van der Waals surface area contributed by atoms with Crippen LogP contribution in [0.25, 0.3) is 0 Å². The van der Waals surface area contributed by atoms with E-state index in [1.54, 1.807) is 7.05 Å². The molecule has 0 aliphatic carbocycles. The standard InChI is InChI=1S/C13H23N5O3/c1-5-10-12(18(20)21)13(17(4)16-10)14-7-6-11(19)15-8-9(2)3/h9,14H,5-8H2,1-4H3,(H,15,19). The monoisotopic (exact) mass is 297 g/mol. The van der Waals surface area contributed by atoms with E-state index in [-0.39, 0.29) is 18.0 Å². The number of nitrogens with zero attached hydrogens (tertiary/aromatic N) is 3. The van der Waals surface area contributed by atoms with Crippen LogP contribution in [0.15, 0.2) is 0 Å². The molecule has 0 saturated carbocycles. The summed E-state index contributed by atoms with van der Waals surface area (Å²) >= 11 is 0. The number of amides is 1. The van der Waals surface area contributed by atoms with E-state index in [0.717, 1.165) is 0 Å². The minimum absolute atomic E-state index is 0.0115. The third-order valence-electron chi connectivity index (χ3n) is 2.96. The summed E-state index contributed by atoms with van der Waals surface area (Å²) < 4.78 is 1.45. The highest BCUT2D eigenvalue weighted by Gasteiger charge is 2.25. The van der Waals surface area contributed by atoms with Crippen molar-refractivity contribution >= 4 is 17.4 Å². The van der Waals surface area contributed by atoms with Gasteiger partial charge in [-0.15, -0.1) is 0 Å². The Bertz CT molecular complexity index is 510. The van der Waals surface area contributed by atoms with E-state index in [9.17, 15) is 14.9 Å². The zero-order valence-corrected chi connectivity index (χ0v) is 13.0. The molecule has 0 bridgehead atoms. The lowest BCUT2D eigenvalue weighted by molar-refractivity contribution is -0.384. The molecule has 0 aliphatic rings. The molecule has 21 heavy (non-hydrogen) atoms. The molecule has 2 N–H and O–H groups in total. The van der Waals surface area contributed by atoms with E-state index in [4.69, 9.17) is 0 Å². The van der Waals surface area contributed by atoms with Gasteiger partial charge in [0, 0.05) is 26.6 Å². The van der Waals surface area contributed by atoms with Crippen molar-refractivity contribution in [3.05, 3.63) is 15.8 Å². The van der Waals surface area contributed by atoms with Crippen LogP contribution in [0.5, 0.6) is 0 Å². The minimum Gasteiger partial charge on any atom is -0.364 e. The third-order valence-corrected chi connectivity index (χ3v) is 2.96. The molecule has 0 aromatic carbocycles. The SMILES string of the molecule is CCc1nn(C)c(NCCC(=O)NCC(C)C)c1[N+](=O)[O-]. The lowest BCUT2D eigenvalue weighted by atomic mass is 10.2. The van der Waals surface area contributed by atoms with Gasteiger partial charge in [-0.05, 0) is 12.3 Å². The molecule has 1 amide bonds. The summed E-state index contributed by atoms with van der Waals surface area (Å²) in [5, 5.41) is 21.0. The number of anilines is 1. The van der Waals surface area contributed by atoms with Gasteiger partial charge in [-0.3, -0.25) is 14.9 Å². The maximum atomic E-state index is 11.6. The van der Waals surface area contributed by atoms with Crippen molar-refractivity contribution in [3.8, 4) is 0 Å². The maximum Gasteiger partial charge on any atom is 0.333 e. The summed E-state index contributed by atoms with van der Waals surface area (Å²) in [4.78, 5) is 22.3. The van der Waals surface area contributed by atoms with E-state index in [0.29, 0.717) is 36.9 Å². The Labute approximate surface area is 124 Å². The second kappa shape index (κ2) is 7.61. The molecule has 1 heterocycles. The largest absolute Gasteiger partial charge is 0.364 e. The van der Waals surface area contributed by atoms with E-state index in [1.165, 1.54) is 4.68 Å². The highest BCUT2D eigenvalue weighted by molar-refractivity contribution is 5.76. The molecule has 118 valence electrons. The van der Waals surface area contributed by atoms with Crippen LogP contribution in [0.3, 0.4) is 0 Å². The number of nitrogens with one attached hydrogen (secondary N) is 2. The first-order valence-corrected chi connectivity index (χ1v) is 7.07. The van der Waals surface area contributed by atoms with Crippen molar-refractivity contribution in [1.29, 1.82) is 0 Å². The molecule has 0 saturated heterocycles. The molecule has 1 rings (SSSR count). The zero-order valence-electron chi connectivity index (χ0n) is 13.0. The van der Waals surface area contributed by atoms with E-state index < -0.39 is 4.92 Å². The average Bonchev–Trinajstić information content (AvgIpc) is 2.73. The Hall–Kier alpha value is -2.12. The lowest BCUT2D eigenvalue weighted by Gasteiger charge is -2.08. The Morgan fingerprint density at radius 1 is 1.48 bits per heavy atom. The van der Waals surface area contributed by atoms with Crippen LogP contribution in [0.2, 0.25) is 0 Å². The Morgan fingerprint density at radius 2 is 2.14 bits per heavy atom. The van der Waals surface area contributed by atoms with Crippen LogP contribution >= 0.6 is 0 Å². The van der Waals surface area contributed by atoms with Crippen LogP contribution < -0.4 is 10.6 Å². The summed E-state index contributed by atoms with van der Waals surface area (Å²) in [7, 11) is 1.65. The summed E-state index contributed by atoms with van der Waals surface area (Å²) in [6.07, 6.45) is 0.747. The van der Waals surface area contributed by atoms with Crippen LogP contribution in [0.1, 0.15) is 32.9 Å². The van der Waals surface area contributed by atoms with Gasteiger partial charge in [-0.2, -0.15) is 5.10 Å². The molecule has 0 fully saturated rings. The highest BCUT2D eigenvalue weighted by atomic mass is 16.6. The van der Waals surface area contributed by atoms with Gasteiger partial charge in [0.25, 0.3) is 0 Å². The van der Waals surface area contributed by atoms with Gasteiger partial charge in [0.1, 0.15) is 5.69 Å². The second-order valence-corrected chi connectivity index (χ2v) is 5.25. The third kappa shape index (κ3) is 4.73. The molecule has 8 nitrogen and oxygen atoms in total. The fourth-order valence-electron chi connectivity index (χ4n) is 1.90. The Morgan fingerprint density at radius 3 is 2.67 bits per heavy atom. The van der Waals surface area contributed by atoms with Gasteiger partial charge in [-0.25, -0.2) is 4.68 Å². The molecular weight excluding hydrogens is 274 g/mol. The molecule has 0 unspecified atom stereocenters. The molecule has 0 atom stereocenters. The molecule has 8 heteroatoms. The molecule has 1 aromatic heterocycles. The van der Waals surface area contributed by atoms with Crippen LogP contribution in [-0.2, 0) is 18.3 Å². The minimum atomic E-state index is -0.437. The van der Waals surface area contributed by atoms with Crippen molar-refractivity contribution in [2.24, 2.45) is 13.0 Å². The number of hydrogen-bond acceptors (Lipinski definition) is 5. The number of carbonyl (C=O) groups is 1. The van der Waals surface area contributed by atoms with Crippen molar-refractivity contribution in [2.45, 2.75) is 33.6 Å². The van der Waals surface area contributed by atoms with Gasteiger partial charge in [0.15, 0.2) is 0 Å². The van der Waals surface area contributed by atoms with Crippen molar-refractivity contribution in [1.82, 2.24) is 15.1 Å². The maximum absolute atomic E-state index is 11.6. The molecule has 0 radical (unpaired) electrons. The first kappa shape index (κ1) is 16.9. The highest BCUT2D eigenvalue weighted by Crippen LogP contribution is 2.28. The van der Waals surface area contributed by atoms with E-state index in [1.807, 2.05) is 20.8 Å². The molecular formula is C13H23N5O3. The molecule has 0 aliphatic heterocycles. The Kier molecular flexibility index (Phi) is 6.13. The number of rotatable bonds is 8. The van der Waals surface area contributed by atoms with Gasteiger partial charge in [-0.1, -0.05) is 20.8 Å². The lowest BCUT2D eigenvalue weighted by Crippen LogP contribution is -2.28.